The van der Waals surface area contributed by atoms with E-state index in [0.717, 1.165) is 31.6 Å². The molecule has 0 saturated heterocycles. The third-order valence-corrected chi connectivity index (χ3v) is 2.62. The van der Waals surface area contributed by atoms with Gasteiger partial charge in [0.2, 0.25) is 0 Å². The van der Waals surface area contributed by atoms with Crippen LogP contribution in [0.5, 0.6) is 0 Å². The third kappa shape index (κ3) is 5.06. The summed E-state index contributed by atoms with van der Waals surface area (Å²) in [5, 5.41) is 3.14. The summed E-state index contributed by atoms with van der Waals surface area (Å²) in [4.78, 5) is 0. The molecule has 5 heteroatoms. The Labute approximate surface area is 105 Å². The highest BCUT2D eigenvalue weighted by atomic mass is 19.1. The Balaban J connectivity index is 2.27. The first-order valence-electron chi connectivity index (χ1n) is 5.98. The lowest BCUT2D eigenvalue weighted by Gasteiger charge is -2.06. The van der Waals surface area contributed by atoms with Gasteiger partial charge in [-0.25, -0.2) is 13.2 Å². The molecule has 1 N–H and O–H groups in total. The van der Waals surface area contributed by atoms with Gasteiger partial charge in [0.25, 0.3) is 0 Å². The normalized spacial score (nSPS) is 10.9. The van der Waals surface area contributed by atoms with Crippen molar-refractivity contribution < 1.29 is 17.9 Å². The predicted molar refractivity (Wildman–Crippen MR) is 64.0 cm³/mol. The van der Waals surface area contributed by atoms with E-state index < -0.39 is 17.5 Å². The molecule has 0 spiro atoms. The monoisotopic (exact) mass is 261 g/mol. The van der Waals surface area contributed by atoms with E-state index in [-0.39, 0.29) is 12.0 Å². The van der Waals surface area contributed by atoms with Gasteiger partial charge in [-0.2, -0.15) is 0 Å². The van der Waals surface area contributed by atoms with E-state index in [0.29, 0.717) is 13.0 Å². The van der Waals surface area contributed by atoms with Gasteiger partial charge < -0.3 is 10.1 Å². The molecular weight excluding hydrogens is 243 g/mol. The highest BCUT2D eigenvalue weighted by molar-refractivity contribution is 5.20. The summed E-state index contributed by atoms with van der Waals surface area (Å²) in [5.74, 6) is -2.49. The molecule has 1 rings (SSSR count). The molecule has 0 atom stereocenters. The van der Waals surface area contributed by atoms with Gasteiger partial charge >= 0.3 is 0 Å². The number of hydrogen-bond donors (Lipinski definition) is 1. The Morgan fingerprint density at radius 2 is 1.72 bits per heavy atom. The lowest BCUT2D eigenvalue weighted by atomic mass is 10.1. The minimum absolute atomic E-state index is 0.0340. The standard InChI is InChI=1S/C13H18F3NO/c1-18-7-6-17-5-3-2-4-11-12(15)8-10(14)9-13(11)16/h8-9,17H,2-7H2,1H3. The number of hydrogen-bond acceptors (Lipinski definition) is 2. The predicted octanol–water partition coefficient (Wildman–Crippen LogP) is 2.66. The molecule has 0 saturated carbocycles. The second-order valence-corrected chi connectivity index (χ2v) is 4.05. The molecule has 1 aromatic carbocycles. The molecule has 0 aliphatic heterocycles. The van der Waals surface area contributed by atoms with Crippen molar-refractivity contribution in [1.29, 1.82) is 0 Å². The minimum Gasteiger partial charge on any atom is -0.383 e. The van der Waals surface area contributed by atoms with Crippen LogP contribution in [0, 0.1) is 17.5 Å². The van der Waals surface area contributed by atoms with Crippen LogP contribution in [0.4, 0.5) is 13.2 Å². The summed E-state index contributed by atoms with van der Waals surface area (Å²) in [6.07, 6.45) is 1.74. The van der Waals surface area contributed by atoms with Crippen molar-refractivity contribution in [3.05, 3.63) is 35.1 Å². The summed E-state index contributed by atoms with van der Waals surface area (Å²) in [6, 6.07) is 1.44. The van der Waals surface area contributed by atoms with Crippen LogP contribution in [0.25, 0.3) is 0 Å². The Hall–Kier alpha value is -1.07. The van der Waals surface area contributed by atoms with E-state index in [4.69, 9.17) is 4.74 Å². The van der Waals surface area contributed by atoms with Crippen molar-refractivity contribution in [2.75, 3.05) is 26.8 Å². The van der Waals surface area contributed by atoms with Gasteiger partial charge in [0.15, 0.2) is 0 Å². The molecule has 2 nitrogen and oxygen atoms in total. The molecule has 0 aliphatic carbocycles. The van der Waals surface area contributed by atoms with Crippen molar-refractivity contribution in [1.82, 2.24) is 5.32 Å². The first kappa shape index (κ1) is 15.0. The number of nitrogens with one attached hydrogen (secondary N) is 1. The highest BCUT2D eigenvalue weighted by Gasteiger charge is 2.10. The van der Waals surface area contributed by atoms with Gasteiger partial charge in [-0.05, 0) is 25.8 Å². The largest absolute Gasteiger partial charge is 0.383 e. The van der Waals surface area contributed by atoms with E-state index >= 15 is 0 Å². The maximum atomic E-state index is 13.3. The van der Waals surface area contributed by atoms with Crippen LogP contribution in [0.15, 0.2) is 12.1 Å². The molecule has 1 aromatic rings. The molecular formula is C13H18F3NO. The zero-order chi connectivity index (χ0) is 13.4. The van der Waals surface area contributed by atoms with Crippen molar-refractivity contribution in [3.8, 4) is 0 Å². The average molecular weight is 261 g/mol. The Bertz CT molecular complexity index is 348. The molecule has 18 heavy (non-hydrogen) atoms. The van der Waals surface area contributed by atoms with Crippen molar-refractivity contribution in [2.24, 2.45) is 0 Å². The van der Waals surface area contributed by atoms with Crippen LogP contribution < -0.4 is 5.32 Å². The molecule has 0 unspecified atom stereocenters. The first-order chi connectivity index (χ1) is 8.65. The molecule has 102 valence electrons. The fourth-order valence-corrected chi connectivity index (χ4v) is 1.66. The molecule has 0 aliphatic rings. The maximum Gasteiger partial charge on any atom is 0.132 e. The van der Waals surface area contributed by atoms with Crippen LogP contribution in [0.3, 0.4) is 0 Å². The highest BCUT2D eigenvalue weighted by Crippen LogP contribution is 2.16. The lowest BCUT2D eigenvalue weighted by molar-refractivity contribution is 0.199. The van der Waals surface area contributed by atoms with Crippen molar-refractivity contribution in [3.63, 3.8) is 0 Å². The number of ether oxygens (including phenoxy) is 1. The summed E-state index contributed by atoms with van der Waals surface area (Å²) in [5.41, 5.74) is -0.0340. The number of benzene rings is 1. The van der Waals surface area contributed by atoms with Crippen molar-refractivity contribution >= 4 is 0 Å². The Morgan fingerprint density at radius 3 is 2.33 bits per heavy atom. The molecule has 0 heterocycles. The summed E-state index contributed by atoms with van der Waals surface area (Å²) in [6.45, 7) is 2.17. The van der Waals surface area contributed by atoms with Crippen LogP contribution in [0.2, 0.25) is 0 Å². The quantitative estimate of drug-likeness (QED) is 0.726. The van der Waals surface area contributed by atoms with Crippen LogP contribution in [-0.4, -0.2) is 26.8 Å². The van der Waals surface area contributed by atoms with Crippen LogP contribution in [0.1, 0.15) is 18.4 Å². The van der Waals surface area contributed by atoms with E-state index in [9.17, 15) is 13.2 Å². The SMILES string of the molecule is COCCNCCCCc1c(F)cc(F)cc1F. The molecule has 0 amide bonds. The average Bonchev–Trinajstić information content (AvgIpc) is 2.30. The fourth-order valence-electron chi connectivity index (χ4n) is 1.66. The Morgan fingerprint density at radius 1 is 1.06 bits per heavy atom. The lowest BCUT2D eigenvalue weighted by Crippen LogP contribution is -2.20. The van der Waals surface area contributed by atoms with Gasteiger partial charge in [-0.1, -0.05) is 0 Å². The van der Waals surface area contributed by atoms with Crippen molar-refractivity contribution in [2.45, 2.75) is 19.3 Å². The topological polar surface area (TPSA) is 21.3 Å². The smallest absolute Gasteiger partial charge is 0.132 e. The van der Waals surface area contributed by atoms with Gasteiger partial charge in [-0.15, -0.1) is 0 Å². The number of unbranched alkanes of at least 4 members (excludes halogenated alkanes) is 1. The fraction of sp³-hybridized carbons (Fsp3) is 0.538. The molecule has 0 radical (unpaired) electrons. The second-order valence-electron chi connectivity index (χ2n) is 4.05. The van der Waals surface area contributed by atoms with Gasteiger partial charge in [0, 0.05) is 31.4 Å². The van der Waals surface area contributed by atoms with Crippen LogP contribution in [-0.2, 0) is 11.2 Å². The van der Waals surface area contributed by atoms with E-state index in [1.54, 1.807) is 7.11 Å². The van der Waals surface area contributed by atoms with Gasteiger partial charge in [0.05, 0.1) is 6.61 Å². The van der Waals surface area contributed by atoms with E-state index in [1.807, 2.05) is 0 Å². The van der Waals surface area contributed by atoms with Crippen LogP contribution >= 0.6 is 0 Å². The number of halogens is 3. The third-order valence-electron chi connectivity index (χ3n) is 2.62. The minimum atomic E-state index is -0.880. The summed E-state index contributed by atoms with van der Waals surface area (Å²) >= 11 is 0. The summed E-state index contributed by atoms with van der Waals surface area (Å²) in [7, 11) is 1.63. The zero-order valence-electron chi connectivity index (χ0n) is 10.4. The van der Waals surface area contributed by atoms with E-state index in [1.165, 1.54) is 0 Å². The maximum absolute atomic E-state index is 13.3. The molecule has 0 bridgehead atoms. The number of rotatable bonds is 8. The second kappa shape index (κ2) is 8.11. The number of methoxy groups -OCH3 is 1. The summed E-state index contributed by atoms with van der Waals surface area (Å²) < 4.78 is 44.1. The van der Waals surface area contributed by atoms with Gasteiger partial charge in [0.1, 0.15) is 17.5 Å². The Kier molecular flexibility index (Phi) is 6.75. The first-order valence-corrected chi connectivity index (χ1v) is 5.98. The molecule has 0 fully saturated rings. The van der Waals surface area contributed by atoms with Gasteiger partial charge in [-0.3, -0.25) is 0 Å². The zero-order valence-corrected chi connectivity index (χ0v) is 10.4. The van der Waals surface area contributed by atoms with E-state index in [2.05, 4.69) is 5.32 Å². The molecule has 0 aromatic heterocycles.